The maximum Gasteiger partial charge on any atom is 0.193 e. The molecule has 0 saturated heterocycles. The number of hydrogen-bond donors (Lipinski definition) is 1. The van der Waals surface area contributed by atoms with Gasteiger partial charge in [-0.25, -0.2) is 0 Å². The normalized spacial score (nSPS) is 11.0. The Labute approximate surface area is 142 Å². The van der Waals surface area contributed by atoms with Gasteiger partial charge < -0.3 is 10.2 Å². The van der Waals surface area contributed by atoms with Crippen LogP contribution in [-0.2, 0) is 13.1 Å². The van der Waals surface area contributed by atoms with Gasteiger partial charge >= 0.3 is 0 Å². The second-order valence-electron chi connectivity index (χ2n) is 5.20. The molecule has 2 aromatic carbocycles. The van der Waals surface area contributed by atoms with E-state index in [1.807, 2.05) is 54.4 Å². The van der Waals surface area contributed by atoms with Crippen molar-refractivity contribution in [3.8, 4) is 6.07 Å². The first-order valence-corrected chi connectivity index (χ1v) is 7.65. The van der Waals surface area contributed by atoms with Gasteiger partial charge in [-0.2, -0.15) is 5.26 Å². The van der Waals surface area contributed by atoms with Crippen LogP contribution in [0.3, 0.4) is 0 Å². The monoisotopic (exact) mass is 326 g/mol. The van der Waals surface area contributed by atoms with Crippen molar-refractivity contribution in [1.29, 1.82) is 5.26 Å². The predicted molar refractivity (Wildman–Crippen MR) is 94.3 cm³/mol. The molecule has 0 radical (unpaired) electrons. The third kappa shape index (κ3) is 5.01. The molecule has 0 amide bonds. The molecule has 0 bridgehead atoms. The Hall–Kier alpha value is -2.51. The Kier molecular flexibility index (Phi) is 6.02. The first-order chi connectivity index (χ1) is 11.1. The number of aliphatic imine (C=N–C) groups is 1. The van der Waals surface area contributed by atoms with Crippen LogP contribution in [0, 0.1) is 11.3 Å². The van der Waals surface area contributed by atoms with Crippen molar-refractivity contribution < 1.29 is 0 Å². The zero-order valence-electron chi connectivity index (χ0n) is 13.3. The summed E-state index contributed by atoms with van der Waals surface area (Å²) in [6, 6.07) is 17.5. The SMILES string of the molecule is CN=C(NCc1cccc(C#N)c1)N(C)Cc1ccc(Cl)cc1. The molecule has 2 rings (SSSR count). The zero-order valence-corrected chi connectivity index (χ0v) is 14.0. The van der Waals surface area contributed by atoms with E-state index in [-0.39, 0.29) is 0 Å². The Bertz CT molecular complexity index is 717. The highest BCUT2D eigenvalue weighted by Gasteiger charge is 2.07. The lowest BCUT2D eigenvalue weighted by Gasteiger charge is -2.22. The highest BCUT2D eigenvalue weighted by atomic mass is 35.5. The maximum absolute atomic E-state index is 8.95. The molecule has 0 unspecified atom stereocenters. The number of halogens is 1. The summed E-state index contributed by atoms with van der Waals surface area (Å²) >= 11 is 5.91. The van der Waals surface area contributed by atoms with Gasteiger partial charge in [0.25, 0.3) is 0 Å². The van der Waals surface area contributed by atoms with E-state index >= 15 is 0 Å². The van der Waals surface area contributed by atoms with Crippen LogP contribution in [0.5, 0.6) is 0 Å². The lowest BCUT2D eigenvalue weighted by molar-refractivity contribution is 0.476. The molecule has 5 heteroatoms. The molecule has 1 N–H and O–H groups in total. The molecular weight excluding hydrogens is 308 g/mol. The molecule has 0 aliphatic heterocycles. The molecule has 0 aromatic heterocycles. The smallest absolute Gasteiger partial charge is 0.193 e. The molecule has 0 heterocycles. The van der Waals surface area contributed by atoms with Crippen molar-refractivity contribution in [3.05, 3.63) is 70.2 Å². The Morgan fingerprint density at radius 2 is 1.96 bits per heavy atom. The third-order valence-corrected chi connectivity index (χ3v) is 3.67. The third-order valence-electron chi connectivity index (χ3n) is 3.41. The van der Waals surface area contributed by atoms with Gasteiger partial charge in [-0.05, 0) is 35.4 Å². The van der Waals surface area contributed by atoms with Crippen LogP contribution in [0.4, 0.5) is 0 Å². The summed E-state index contributed by atoms with van der Waals surface area (Å²) in [6.07, 6.45) is 0. The number of nitriles is 1. The van der Waals surface area contributed by atoms with Gasteiger partial charge in [0.05, 0.1) is 11.6 Å². The second kappa shape index (κ2) is 8.21. The van der Waals surface area contributed by atoms with E-state index in [9.17, 15) is 0 Å². The van der Waals surface area contributed by atoms with Crippen molar-refractivity contribution in [2.24, 2.45) is 4.99 Å². The number of nitrogens with zero attached hydrogens (tertiary/aromatic N) is 3. The molecule has 0 aliphatic carbocycles. The second-order valence-corrected chi connectivity index (χ2v) is 5.63. The minimum absolute atomic E-state index is 0.618. The quantitative estimate of drug-likeness (QED) is 0.692. The first-order valence-electron chi connectivity index (χ1n) is 7.27. The average molecular weight is 327 g/mol. The summed E-state index contributed by atoms with van der Waals surface area (Å²) in [7, 11) is 3.74. The van der Waals surface area contributed by atoms with Gasteiger partial charge in [0.15, 0.2) is 5.96 Å². The van der Waals surface area contributed by atoms with Crippen LogP contribution < -0.4 is 5.32 Å². The largest absolute Gasteiger partial charge is 0.352 e. The topological polar surface area (TPSA) is 51.4 Å². The highest BCUT2D eigenvalue weighted by Crippen LogP contribution is 2.11. The van der Waals surface area contributed by atoms with Crippen molar-refractivity contribution in [1.82, 2.24) is 10.2 Å². The summed E-state index contributed by atoms with van der Waals surface area (Å²) < 4.78 is 0. The molecule has 118 valence electrons. The fraction of sp³-hybridized carbons (Fsp3) is 0.222. The highest BCUT2D eigenvalue weighted by molar-refractivity contribution is 6.30. The van der Waals surface area contributed by atoms with Crippen molar-refractivity contribution in [2.75, 3.05) is 14.1 Å². The van der Waals surface area contributed by atoms with Gasteiger partial charge in [0.1, 0.15) is 0 Å². The summed E-state index contributed by atoms with van der Waals surface area (Å²) in [5.41, 5.74) is 2.87. The maximum atomic E-state index is 8.95. The molecule has 4 nitrogen and oxygen atoms in total. The number of hydrogen-bond acceptors (Lipinski definition) is 2. The number of guanidine groups is 1. The minimum Gasteiger partial charge on any atom is -0.352 e. The van der Waals surface area contributed by atoms with Crippen molar-refractivity contribution in [3.63, 3.8) is 0 Å². The van der Waals surface area contributed by atoms with Crippen LogP contribution in [0.15, 0.2) is 53.5 Å². The minimum atomic E-state index is 0.618. The Morgan fingerprint density at radius 1 is 1.22 bits per heavy atom. The first kappa shape index (κ1) is 16.9. The summed E-state index contributed by atoms with van der Waals surface area (Å²) in [5.74, 6) is 0.794. The molecule has 0 aliphatic rings. The molecule has 2 aromatic rings. The lowest BCUT2D eigenvalue weighted by Crippen LogP contribution is -2.38. The fourth-order valence-corrected chi connectivity index (χ4v) is 2.38. The molecular formula is C18H19ClN4. The van der Waals surface area contributed by atoms with Gasteiger partial charge in [0.2, 0.25) is 0 Å². The van der Waals surface area contributed by atoms with Gasteiger partial charge in [-0.3, -0.25) is 4.99 Å². The van der Waals surface area contributed by atoms with E-state index in [1.165, 1.54) is 0 Å². The molecule has 0 atom stereocenters. The van der Waals surface area contributed by atoms with Crippen molar-refractivity contribution >= 4 is 17.6 Å². The van der Waals surface area contributed by atoms with Crippen LogP contribution in [0.25, 0.3) is 0 Å². The van der Waals surface area contributed by atoms with Crippen LogP contribution in [0.1, 0.15) is 16.7 Å². The molecule has 0 saturated carbocycles. The van der Waals surface area contributed by atoms with E-state index in [0.29, 0.717) is 12.1 Å². The van der Waals surface area contributed by atoms with Gasteiger partial charge in [-0.15, -0.1) is 0 Å². The summed E-state index contributed by atoms with van der Waals surface area (Å²) in [6.45, 7) is 1.35. The van der Waals surface area contributed by atoms with Crippen LogP contribution in [0.2, 0.25) is 5.02 Å². The number of nitrogens with one attached hydrogen (secondary N) is 1. The van der Waals surface area contributed by atoms with E-state index in [4.69, 9.17) is 16.9 Å². The zero-order chi connectivity index (χ0) is 16.7. The average Bonchev–Trinajstić information content (AvgIpc) is 2.57. The fourth-order valence-electron chi connectivity index (χ4n) is 2.26. The predicted octanol–water partition coefficient (Wildman–Crippen LogP) is 3.42. The lowest BCUT2D eigenvalue weighted by atomic mass is 10.1. The van der Waals surface area contributed by atoms with Gasteiger partial charge in [-0.1, -0.05) is 35.9 Å². The Balaban J connectivity index is 1.96. The van der Waals surface area contributed by atoms with E-state index in [0.717, 1.165) is 28.7 Å². The molecule has 23 heavy (non-hydrogen) atoms. The van der Waals surface area contributed by atoms with Gasteiger partial charge in [0, 0.05) is 32.2 Å². The van der Waals surface area contributed by atoms with Crippen LogP contribution >= 0.6 is 11.6 Å². The Morgan fingerprint density at radius 3 is 2.61 bits per heavy atom. The summed E-state index contributed by atoms with van der Waals surface area (Å²) in [5, 5.41) is 13.0. The van der Waals surface area contributed by atoms with Crippen molar-refractivity contribution in [2.45, 2.75) is 13.1 Å². The van der Waals surface area contributed by atoms with Crippen LogP contribution in [-0.4, -0.2) is 25.0 Å². The standard InChI is InChI=1S/C18H19ClN4/c1-21-18(22-12-16-5-3-4-15(10-16)11-20)23(2)13-14-6-8-17(19)9-7-14/h3-10H,12-13H2,1-2H3,(H,21,22). The molecule has 0 fully saturated rings. The van der Waals surface area contributed by atoms with E-state index in [2.05, 4.69) is 16.4 Å². The number of rotatable bonds is 4. The van der Waals surface area contributed by atoms with E-state index < -0.39 is 0 Å². The number of benzene rings is 2. The van der Waals surface area contributed by atoms with E-state index in [1.54, 1.807) is 13.1 Å². The molecule has 0 spiro atoms. The summed E-state index contributed by atoms with van der Waals surface area (Å²) in [4.78, 5) is 6.34.